The zero-order valence-corrected chi connectivity index (χ0v) is 12.3. The van der Waals surface area contributed by atoms with E-state index in [0.717, 1.165) is 0 Å². The molecular formula is C13H14BrN3O2. The second kappa shape index (κ2) is 5.44. The fourth-order valence-corrected chi connectivity index (χ4v) is 2.35. The second-order valence-corrected chi connectivity index (χ2v) is 4.76. The summed E-state index contributed by atoms with van der Waals surface area (Å²) in [6.45, 7) is 2.53. The molecule has 0 spiro atoms. The van der Waals surface area contributed by atoms with Gasteiger partial charge in [-0.3, -0.25) is 9.48 Å². The number of ketones is 1. The SMILES string of the molecule is CCn1ncc(Br)c1C(=O)c1cccc(OC)c1N. The lowest BCUT2D eigenvalue weighted by molar-refractivity contribution is 0.102. The lowest BCUT2D eigenvalue weighted by Gasteiger charge is -2.10. The molecule has 0 aliphatic rings. The van der Waals surface area contributed by atoms with E-state index in [1.807, 2.05) is 6.92 Å². The fourth-order valence-electron chi connectivity index (χ4n) is 1.88. The molecule has 0 unspecified atom stereocenters. The van der Waals surface area contributed by atoms with Gasteiger partial charge in [0, 0.05) is 6.54 Å². The predicted octanol–water partition coefficient (Wildman–Crippen LogP) is 2.49. The maximum atomic E-state index is 12.6. The number of para-hydroxylation sites is 1. The van der Waals surface area contributed by atoms with Crippen molar-refractivity contribution in [3.8, 4) is 5.75 Å². The van der Waals surface area contributed by atoms with Gasteiger partial charge in [-0.25, -0.2) is 0 Å². The monoisotopic (exact) mass is 323 g/mol. The molecule has 0 bridgehead atoms. The summed E-state index contributed by atoms with van der Waals surface area (Å²) in [6, 6.07) is 5.14. The number of nitrogens with zero attached hydrogens (tertiary/aromatic N) is 2. The molecule has 19 heavy (non-hydrogen) atoms. The van der Waals surface area contributed by atoms with Crippen molar-refractivity contribution in [3.05, 3.63) is 40.1 Å². The van der Waals surface area contributed by atoms with E-state index in [9.17, 15) is 4.79 Å². The highest BCUT2D eigenvalue weighted by Crippen LogP contribution is 2.28. The number of nitrogens with two attached hydrogens (primary N) is 1. The van der Waals surface area contributed by atoms with Crippen molar-refractivity contribution in [2.24, 2.45) is 0 Å². The van der Waals surface area contributed by atoms with Gasteiger partial charge in [0.15, 0.2) is 0 Å². The average molecular weight is 324 g/mol. The average Bonchev–Trinajstić information content (AvgIpc) is 2.79. The lowest BCUT2D eigenvalue weighted by Crippen LogP contribution is -2.13. The summed E-state index contributed by atoms with van der Waals surface area (Å²) in [5.41, 5.74) is 7.19. The maximum Gasteiger partial charge on any atom is 0.214 e. The third-order valence-corrected chi connectivity index (χ3v) is 3.42. The Hall–Kier alpha value is -1.82. The molecule has 0 amide bonds. The highest BCUT2D eigenvalue weighted by molar-refractivity contribution is 9.10. The van der Waals surface area contributed by atoms with E-state index in [-0.39, 0.29) is 5.78 Å². The van der Waals surface area contributed by atoms with Crippen molar-refractivity contribution in [1.82, 2.24) is 9.78 Å². The van der Waals surface area contributed by atoms with Crippen LogP contribution in [0.5, 0.6) is 5.75 Å². The van der Waals surface area contributed by atoms with E-state index in [4.69, 9.17) is 10.5 Å². The van der Waals surface area contributed by atoms with Crippen LogP contribution in [0.4, 0.5) is 5.69 Å². The lowest BCUT2D eigenvalue weighted by atomic mass is 10.1. The van der Waals surface area contributed by atoms with Gasteiger partial charge in [-0.15, -0.1) is 0 Å². The van der Waals surface area contributed by atoms with Crippen LogP contribution in [0.3, 0.4) is 0 Å². The number of hydrogen-bond acceptors (Lipinski definition) is 4. The van der Waals surface area contributed by atoms with E-state index >= 15 is 0 Å². The minimum atomic E-state index is -0.178. The van der Waals surface area contributed by atoms with E-state index in [0.29, 0.717) is 33.7 Å². The first-order valence-electron chi connectivity index (χ1n) is 5.78. The number of nitrogen functional groups attached to an aromatic ring is 1. The minimum Gasteiger partial charge on any atom is -0.495 e. The molecule has 2 N–H and O–H groups in total. The minimum absolute atomic E-state index is 0.178. The Balaban J connectivity index is 2.53. The zero-order valence-electron chi connectivity index (χ0n) is 10.7. The third kappa shape index (κ3) is 2.35. The van der Waals surface area contributed by atoms with Crippen LogP contribution in [0.2, 0.25) is 0 Å². The van der Waals surface area contributed by atoms with E-state index in [2.05, 4.69) is 21.0 Å². The van der Waals surface area contributed by atoms with Crippen LogP contribution < -0.4 is 10.5 Å². The number of aromatic nitrogens is 2. The van der Waals surface area contributed by atoms with Gasteiger partial charge in [-0.1, -0.05) is 6.07 Å². The molecule has 1 aromatic heterocycles. The molecule has 6 heteroatoms. The number of hydrogen-bond donors (Lipinski definition) is 1. The molecular weight excluding hydrogens is 310 g/mol. The highest BCUT2D eigenvalue weighted by Gasteiger charge is 2.21. The number of ether oxygens (including phenoxy) is 1. The largest absolute Gasteiger partial charge is 0.495 e. The van der Waals surface area contributed by atoms with Crippen molar-refractivity contribution in [2.45, 2.75) is 13.5 Å². The summed E-state index contributed by atoms with van der Waals surface area (Å²) >= 11 is 3.34. The molecule has 2 rings (SSSR count). The number of benzene rings is 1. The Morgan fingerprint density at radius 2 is 2.26 bits per heavy atom. The van der Waals surface area contributed by atoms with Crippen LogP contribution in [-0.2, 0) is 6.54 Å². The Morgan fingerprint density at radius 1 is 1.53 bits per heavy atom. The summed E-state index contributed by atoms with van der Waals surface area (Å²) in [5, 5.41) is 4.13. The summed E-state index contributed by atoms with van der Waals surface area (Å²) in [6.07, 6.45) is 1.60. The number of rotatable bonds is 4. The molecule has 0 fully saturated rings. The summed E-state index contributed by atoms with van der Waals surface area (Å²) in [4.78, 5) is 12.6. The van der Waals surface area contributed by atoms with Crippen molar-refractivity contribution >= 4 is 27.4 Å². The smallest absolute Gasteiger partial charge is 0.214 e. The van der Waals surface area contributed by atoms with Crippen LogP contribution in [-0.4, -0.2) is 22.7 Å². The van der Waals surface area contributed by atoms with Crippen molar-refractivity contribution in [3.63, 3.8) is 0 Å². The molecule has 1 aromatic carbocycles. The molecule has 5 nitrogen and oxygen atoms in total. The molecule has 0 saturated heterocycles. The van der Waals surface area contributed by atoms with E-state index < -0.39 is 0 Å². The number of carbonyl (C=O) groups is 1. The van der Waals surface area contributed by atoms with Crippen LogP contribution in [0, 0.1) is 0 Å². The summed E-state index contributed by atoms with van der Waals surface area (Å²) in [7, 11) is 1.52. The number of aryl methyl sites for hydroxylation is 1. The molecule has 0 atom stereocenters. The maximum absolute atomic E-state index is 12.6. The summed E-state index contributed by atoms with van der Waals surface area (Å²) < 4.78 is 7.41. The van der Waals surface area contributed by atoms with Gasteiger partial charge < -0.3 is 10.5 Å². The zero-order chi connectivity index (χ0) is 14.0. The molecule has 0 aliphatic carbocycles. The number of methoxy groups -OCH3 is 1. The van der Waals surface area contributed by atoms with Gasteiger partial charge in [0.1, 0.15) is 11.4 Å². The van der Waals surface area contributed by atoms with Gasteiger partial charge in [0.05, 0.1) is 29.0 Å². The van der Waals surface area contributed by atoms with Crippen molar-refractivity contribution < 1.29 is 9.53 Å². The topological polar surface area (TPSA) is 70.1 Å². The normalized spacial score (nSPS) is 10.5. The number of carbonyl (C=O) groups excluding carboxylic acids is 1. The van der Waals surface area contributed by atoms with Crippen molar-refractivity contribution in [1.29, 1.82) is 0 Å². The predicted molar refractivity (Wildman–Crippen MR) is 76.4 cm³/mol. The third-order valence-electron chi connectivity index (χ3n) is 2.84. The van der Waals surface area contributed by atoms with Gasteiger partial charge in [-0.2, -0.15) is 5.10 Å². The Kier molecular flexibility index (Phi) is 3.90. The van der Waals surface area contributed by atoms with E-state index in [1.54, 1.807) is 29.1 Å². The Bertz CT molecular complexity index is 622. The quantitative estimate of drug-likeness (QED) is 0.693. The first-order chi connectivity index (χ1) is 9.10. The van der Waals surface area contributed by atoms with E-state index in [1.165, 1.54) is 7.11 Å². The molecule has 100 valence electrons. The summed E-state index contributed by atoms with van der Waals surface area (Å²) in [5.74, 6) is 0.312. The molecule has 0 saturated carbocycles. The van der Waals surface area contributed by atoms with Crippen LogP contribution in [0.15, 0.2) is 28.9 Å². The fraction of sp³-hybridized carbons (Fsp3) is 0.231. The molecule has 1 heterocycles. The first kappa shape index (κ1) is 13.6. The second-order valence-electron chi connectivity index (χ2n) is 3.91. The highest BCUT2D eigenvalue weighted by atomic mass is 79.9. The van der Waals surface area contributed by atoms with Crippen molar-refractivity contribution in [2.75, 3.05) is 12.8 Å². The van der Waals surface area contributed by atoms with Gasteiger partial charge >= 0.3 is 0 Å². The van der Waals surface area contributed by atoms with Gasteiger partial charge in [-0.05, 0) is 35.0 Å². The van der Waals surface area contributed by atoms with Gasteiger partial charge in [0.2, 0.25) is 5.78 Å². The molecule has 0 radical (unpaired) electrons. The standard InChI is InChI=1S/C13H14BrN3O2/c1-3-17-12(9(14)7-16-17)13(18)8-5-4-6-10(19-2)11(8)15/h4-7H,3,15H2,1-2H3. The first-order valence-corrected chi connectivity index (χ1v) is 6.57. The Labute approximate surface area is 119 Å². The molecule has 2 aromatic rings. The Morgan fingerprint density at radius 3 is 2.89 bits per heavy atom. The number of halogens is 1. The molecule has 0 aliphatic heterocycles. The van der Waals surface area contributed by atoms with Crippen LogP contribution >= 0.6 is 15.9 Å². The van der Waals surface area contributed by atoms with Gasteiger partial charge in [0.25, 0.3) is 0 Å². The van der Waals surface area contributed by atoms with Crippen LogP contribution in [0.1, 0.15) is 23.0 Å². The number of anilines is 1. The van der Waals surface area contributed by atoms with Crippen LogP contribution in [0.25, 0.3) is 0 Å².